The number of carbonyl (C=O) groups is 1. The fraction of sp³-hybridized carbons (Fsp3) is 0.500. The van der Waals surface area contributed by atoms with E-state index in [0.717, 1.165) is 37.4 Å². The number of hydrogen-bond acceptors (Lipinski definition) is 4. The number of amides is 1. The highest BCUT2D eigenvalue weighted by atomic mass is 32.1. The normalized spacial score (nSPS) is 18.6. The molecule has 3 rings (SSSR count). The zero-order chi connectivity index (χ0) is 13.8. The molecule has 1 unspecified atom stereocenters. The Morgan fingerprint density at radius 1 is 1.45 bits per heavy atom. The monoisotopic (exact) mass is 290 g/mol. The summed E-state index contributed by atoms with van der Waals surface area (Å²) in [7, 11) is 0. The molecule has 2 aromatic rings. The van der Waals surface area contributed by atoms with Gasteiger partial charge >= 0.3 is 0 Å². The molecule has 106 valence electrons. The zero-order valence-corrected chi connectivity index (χ0v) is 12.1. The summed E-state index contributed by atoms with van der Waals surface area (Å²) in [6.07, 6.45) is 9.00. The van der Waals surface area contributed by atoms with E-state index in [9.17, 15) is 4.79 Å². The quantitative estimate of drug-likeness (QED) is 0.846. The van der Waals surface area contributed by atoms with Crippen LogP contribution in [0.3, 0.4) is 0 Å². The third-order valence-corrected chi connectivity index (χ3v) is 4.53. The largest absolute Gasteiger partial charge is 0.338 e. The Hall–Kier alpha value is -1.69. The van der Waals surface area contributed by atoms with Crippen molar-refractivity contribution in [2.24, 2.45) is 0 Å². The molecule has 2 aromatic heterocycles. The summed E-state index contributed by atoms with van der Waals surface area (Å²) in [4.78, 5) is 18.6. The van der Waals surface area contributed by atoms with E-state index < -0.39 is 0 Å². The molecule has 5 nitrogen and oxygen atoms in total. The fourth-order valence-corrected chi connectivity index (χ4v) is 3.33. The summed E-state index contributed by atoms with van der Waals surface area (Å²) in [5.74, 6) is 0.245. The molecule has 1 fully saturated rings. The molecule has 1 aliphatic heterocycles. The maximum atomic E-state index is 12.4. The van der Waals surface area contributed by atoms with Gasteiger partial charge < -0.3 is 4.90 Å². The van der Waals surface area contributed by atoms with Crippen molar-refractivity contribution in [2.75, 3.05) is 6.54 Å². The number of rotatable bonds is 5. The van der Waals surface area contributed by atoms with Gasteiger partial charge in [-0.2, -0.15) is 5.10 Å². The number of aromatic nitrogens is 3. The summed E-state index contributed by atoms with van der Waals surface area (Å²) in [5.41, 5.74) is 0. The Bertz CT molecular complexity index is 538. The Kier molecular flexibility index (Phi) is 4.11. The number of aryl methyl sites for hydroxylation is 1. The van der Waals surface area contributed by atoms with E-state index in [4.69, 9.17) is 0 Å². The van der Waals surface area contributed by atoms with Gasteiger partial charge in [0.05, 0.1) is 17.6 Å². The van der Waals surface area contributed by atoms with Gasteiger partial charge in [-0.15, -0.1) is 11.3 Å². The average Bonchev–Trinajstić information content (AvgIpc) is 3.19. The van der Waals surface area contributed by atoms with Gasteiger partial charge in [0.1, 0.15) is 0 Å². The average molecular weight is 290 g/mol. The van der Waals surface area contributed by atoms with E-state index >= 15 is 0 Å². The van der Waals surface area contributed by atoms with Gasteiger partial charge in [0, 0.05) is 43.4 Å². The molecule has 0 radical (unpaired) electrons. The standard InChI is InChI=1S/C14H18N4OS/c19-14(5-4-13-15-7-10-20-13)18-9-1-3-12(18)11-17-8-2-6-16-17/h2,6-8,10,12H,1,3-5,9,11H2. The Morgan fingerprint density at radius 3 is 3.15 bits per heavy atom. The minimum Gasteiger partial charge on any atom is -0.338 e. The first-order valence-electron chi connectivity index (χ1n) is 6.98. The lowest BCUT2D eigenvalue weighted by molar-refractivity contribution is -0.132. The van der Waals surface area contributed by atoms with Crippen LogP contribution in [0.4, 0.5) is 0 Å². The molecule has 1 saturated heterocycles. The van der Waals surface area contributed by atoms with Gasteiger partial charge in [-0.05, 0) is 18.9 Å². The number of thiazole rings is 1. The number of likely N-dealkylation sites (tertiary alicyclic amines) is 1. The van der Waals surface area contributed by atoms with Gasteiger partial charge in [-0.3, -0.25) is 9.48 Å². The summed E-state index contributed by atoms with van der Waals surface area (Å²) in [6.45, 7) is 1.68. The van der Waals surface area contributed by atoms with Gasteiger partial charge in [0.25, 0.3) is 0 Å². The van der Waals surface area contributed by atoms with Gasteiger partial charge in [0.15, 0.2) is 0 Å². The second-order valence-corrected chi connectivity index (χ2v) is 6.02. The summed E-state index contributed by atoms with van der Waals surface area (Å²) < 4.78 is 1.91. The van der Waals surface area contributed by atoms with Crippen LogP contribution in [0.1, 0.15) is 24.3 Å². The number of nitrogens with zero attached hydrogens (tertiary/aromatic N) is 4. The van der Waals surface area contributed by atoms with E-state index in [2.05, 4.69) is 10.1 Å². The minimum absolute atomic E-state index is 0.245. The maximum Gasteiger partial charge on any atom is 0.223 e. The first-order valence-corrected chi connectivity index (χ1v) is 7.86. The van der Waals surface area contributed by atoms with Crippen molar-refractivity contribution in [1.82, 2.24) is 19.7 Å². The molecule has 0 spiro atoms. The van der Waals surface area contributed by atoms with Crippen LogP contribution in [-0.2, 0) is 17.8 Å². The molecule has 1 atom stereocenters. The second kappa shape index (κ2) is 6.17. The van der Waals surface area contributed by atoms with Crippen LogP contribution in [0.25, 0.3) is 0 Å². The van der Waals surface area contributed by atoms with Crippen LogP contribution in [0.5, 0.6) is 0 Å². The van der Waals surface area contributed by atoms with Crippen LogP contribution in [0, 0.1) is 0 Å². The highest BCUT2D eigenvalue weighted by Crippen LogP contribution is 2.20. The van der Waals surface area contributed by atoms with E-state index in [0.29, 0.717) is 12.5 Å². The third-order valence-electron chi connectivity index (χ3n) is 3.69. The fourth-order valence-electron chi connectivity index (χ4n) is 2.71. The molecule has 20 heavy (non-hydrogen) atoms. The first-order chi connectivity index (χ1) is 9.83. The first kappa shape index (κ1) is 13.3. The molecule has 0 aromatic carbocycles. The second-order valence-electron chi connectivity index (χ2n) is 5.04. The summed E-state index contributed by atoms with van der Waals surface area (Å²) in [5, 5.41) is 7.23. The molecule has 6 heteroatoms. The molecule has 1 aliphatic rings. The zero-order valence-electron chi connectivity index (χ0n) is 11.3. The van der Waals surface area contributed by atoms with Crippen LogP contribution in [-0.4, -0.2) is 38.2 Å². The predicted octanol–water partition coefficient (Wildman–Crippen LogP) is 1.96. The van der Waals surface area contributed by atoms with Crippen LogP contribution in [0.15, 0.2) is 30.0 Å². The van der Waals surface area contributed by atoms with Crippen molar-refractivity contribution < 1.29 is 4.79 Å². The molecular weight excluding hydrogens is 272 g/mol. The van der Waals surface area contributed by atoms with E-state index in [1.54, 1.807) is 23.7 Å². The Morgan fingerprint density at radius 2 is 2.40 bits per heavy atom. The van der Waals surface area contributed by atoms with Crippen LogP contribution >= 0.6 is 11.3 Å². The Labute approximate surface area is 122 Å². The number of hydrogen-bond donors (Lipinski definition) is 0. The molecule has 0 saturated carbocycles. The van der Waals surface area contributed by atoms with Crippen molar-refractivity contribution in [1.29, 1.82) is 0 Å². The maximum absolute atomic E-state index is 12.4. The van der Waals surface area contributed by atoms with Crippen molar-refractivity contribution in [2.45, 2.75) is 38.3 Å². The smallest absolute Gasteiger partial charge is 0.223 e. The SMILES string of the molecule is O=C(CCc1nccs1)N1CCCC1Cn1cccn1. The van der Waals surface area contributed by atoms with E-state index in [1.165, 1.54) is 0 Å². The minimum atomic E-state index is 0.245. The van der Waals surface area contributed by atoms with E-state index in [-0.39, 0.29) is 5.91 Å². The lowest BCUT2D eigenvalue weighted by Crippen LogP contribution is -2.38. The molecular formula is C14H18N4OS. The molecule has 3 heterocycles. The van der Waals surface area contributed by atoms with Crippen LogP contribution < -0.4 is 0 Å². The topological polar surface area (TPSA) is 51.0 Å². The van der Waals surface area contributed by atoms with Crippen molar-refractivity contribution >= 4 is 17.2 Å². The molecule has 0 aliphatic carbocycles. The van der Waals surface area contributed by atoms with Crippen LogP contribution in [0.2, 0.25) is 0 Å². The predicted molar refractivity (Wildman–Crippen MR) is 77.4 cm³/mol. The molecule has 0 N–H and O–H groups in total. The molecule has 1 amide bonds. The molecule has 0 bridgehead atoms. The highest BCUT2D eigenvalue weighted by molar-refractivity contribution is 7.09. The third kappa shape index (κ3) is 3.07. The van der Waals surface area contributed by atoms with Crippen molar-refractivity contribution in [3.63, 3.8) is 0 Å². The van der Waals surface area contributed by atoms with Gasteiger partial charge in [-0.25, -0.2) is 4.98 Å². The summed E-state index contributed by atoms with van der Waals surface area (Å²) >= 11 is 1.62. The lowest BCUT2D eigenvalue weighted by Gasteiger charge is -2.24. The van der Waals surface area contributed by atoms with E-state index in [1.807, 2.05) is 27.2 Å². The number of carbonyl (C=O) groups excluding carboxylic acids is 1. The summed E-state index contributed by atoms with van der Waals surface area (Å²) in [6, 6.07) is 2.21. The van der Waals surface area contributed by atoms with Crippen molar-refractivity contribution in [3.8, 4) is 0 Å². The lowest BCUT2D eigenvalue weighted by atomic mass is 10.2. The van der Waals surface area contributed by atoms with Gasteiger partial charge in [-0.1, -0.05) is 0 Å². The Balaban J connectivity index is 1.55. The highest BCUT2D eigenvalue weighted by Gasteiger charge is 2.28. The van der Waals surface area contributed by atoms with Gasteiger partial charge in [0.2, 0.25) is 5.91 Å². The van der Waals surface area contributed by atoms with Crippen molar-refractivity contribution in [3.05, 3.63) is 35.0 Å².